The van der Waals surface area contributed by atoms with Gasteiger partial charge in [0.05, 0.1) is 44.8 Å². The van der Waals surface area contributed by atoms with Gasteiger partial charge < -0.3 is 0 Å². The molecule has 202 valence electrons. The Morgan fingerprint density at radius 2 is 1.33 bits per heavy atom. The van der Waals surface area contributed by atoms with Crippen molar-refractivity contribution >= 4 is 72.9 Å². The molecule has 5 nitrogen and oxygen atoms in total. The molecule has 4 aromatic carbocycles. The molecule has 43 heavy (non-hydrogen) atoms. The maximum absolute atomic E-state index is 5.27. The van der Waals surface area contributed by atoms with E-state index >= 15 is 0 Å². The minimum absolute atomic E-state index is 0.756. The van der Waals surface area contributed by atoms with Crippen molar-refractivity contribution in [2.75, 3.05) is 0 Å². The van der Waals surface area contributed by atoms with Gasteiger partial charge in [-0.3, -0.25) is 9.98 Å². The number of para-hydroxylation sites is 1. The van der Waals surface area contributed by atoms with E-state index in [-0.39, 0.29) is 0 Å². The van der Waals surface area contributed by atoms with Crippen LogP contribution >= 0.6 is 0 Å². The van der Waals surface area contributed by atoms with E-state index < -0.39 is 0 Å². The fourth-order valence-corrected chi connectivity index (χ4v) is 6.04. The van der Waals surface area contributed by atoms with E-state index in [9.17, 15) is 0 Å². The number of hydrogen-bond acceptors (Lipinski definition) is 5. The Kier molecular flexibility index (Phi) is 5.76. The number of pyridine rings is 4. The summed E-state index contributed by atoms with van der Waals surface area (Å²) < 4.78 is 0. The first-order chi connectivity index (χ1) is 21.2. The zero-order chi connectivity index (χ0) is 28.9. The molecule has 5 heteroatoms. The summed E-state index contributed by atoms with van der Waals surface area (Å²) in [6.45, 7) is 5.86. The molecule has 0 aliphatic carbocycles. The summed E-state index contributed by atoms with van der Waals surface area (Å²) in [5, 5.41) is 6.09. The van der Waals surface area contributed by atoms with Gasteiger partial charge in [-0.25, -0.2) is 15.0 Å². The molecule has 0 saturated heterocycles. The Hall–Kier alpha value is -5.81. The number of nitrogens with zero attached hydrogens (tertiary/aromatic N) is 5. The van der Waals surface area contributed by atoms with Gasteiger partial charge in [0.1, 0.15) is 0 Å². The monoisotopic (exact) mass is 551 g/mol. The molecule has 0 aliphatic rings. The van der Waals surface area contributed by atoms with Crippen LogP contribution in [0.4, 0.5) is 5.69 Å². The number of aromatic nitrogens is 4. The summed E-state index contributed by atoms with van der Waals surface area (Å²) in [6.07, 6.45) is 5.96. The van der Waals surface area contributed by atoms with Crippen molar-refractivity contribution in [2.45, 2.75) is 6.92 Å². The predicted octanol–water partition coefficient (Wildman–Crippen LogP) is 9.73. The highest BCUT2D eigenvalue weighted by molar-refractivity contribution is 6.21. The van der Waals surface area contributed by atoms with E-state index in [2.05, 4.69) is 78.4 Å². The maximum Gasteiger partial charge on any atom is 0.0979 e. The quantitative estimate of drug-likeness (QED) is 0.161. The van der Waals surface area contributed by atoms with Crippen molar-refractivity contribution in [1.29, 1.82) is 0 Å². The Bertz CT molecular complexity index is 2430. The topological polar surface area (TPSA) is 63.9 Å². The van der Waals surface area contributed by atoms with Gasteiger partial charge in [0.2, 0.25) is 0 Å². The van der Waals surface area contributed by atoms with E-state index in [1.54, 1.807) is 0 Å². The Labute approximate surface area is 247 Å². The molecular formula is C38H25N5. The van der Waals surface area contributed by atoms with E-state index in [1.807, 2.05) is 61.7 Å². The highest BCUT2D eigenvalue weighted by Gasteiger charge is 2.18. The van der Waals surface area contributed by atoms with Gasteiger partial charge >= 0.3 is 0 Å². The molecule has 0 saturated carbocycles. The van der Waals surface area contributed by atoms with Crippen LogP contribution in [0, 0.1) is 0 Å². The zero-order valence-electron chi connectivity index (χ0n) is 23.5. The third-order valence-electron chi connectivity index (χ3n) is 8.04. The van der Waals surface area contributed by atoms with Crippen LogP contribution in [-0.2, 0) is 0 Å². The van der Waals surface area contributed by atoms with Crippen molar-refractivity contribution in [3.63, 3.8) is 0 Å². The molecule has 0 fully saturated rings. The van der Waals surface area contributed by atoms with Gasteiger partial charge in [0, 0.05) is 49.6 Å². The average molecular weight is 552 g/mol. The summed E-state index contributed by atoms with van der Waals surface area (Å²) in [6, 6.07) is 35.2. The maximum atomic E-state index is 5.27. The summed E-state index contributed by atoms with van der Waals surface area (Å²) in [4.78, 5) is 24.9. The number of aliphatic imine (C=N–C) groups is 1. The second kappa shape index (κ2) is 9.93. The highest BCUT2D eigenvalue weighted by atomic mass is 14.8. The molecule has 0 N–H and O–H groups in total. The normalized spacial score (nSPS) is 11.8. The van der Waals surface area contributed by atoms with Crippen LogP contribution in [0.3, 0.4) is 0 Å². The van der Waals surface area contributed by atoms with Crippen molar-refractivity contribution in [2.24, 2.45) is 4.99 Å². The smallest absolute Gasteiger partial charge is 0.0979 e. The fraction of sp³-hybridized carbons (Fsp3) is 0.0263. The van der Waals surface area contributed by atoms with E-state index in [0.29, 0.717) is 0 Å². The first kappa shape index (κ1) is 24.9. The van der Waals surface area contributed by atoms with Gasteiger partial charge in [-0.2, -0.15) is 0 Å². The van der Waals surface area contributed by atoms with Crippen molar-refractivity contribution in [3.8, 4) is 22.6 Å². The summed E-state index contributed by atoms with van der Waals surface area (Å²) in [7, 11) is 0. The van der Waals surface area contributed by atoms with Crippen LogP contribution in [-0.4, -0.2) is 26.7 Å². The lowest BCUT2D eigenvalue weighted by atomic mass is 9.97. The molecule has 8 aromatic rings. The number of benzene rings is 4. The number of rotatable bonds is 4. The predicted molar refractivity (Wildman–Crippen MR) is 180 cm³/mol. The van der Waals surface area contributed by atoms with E-state index in [0.717, 1.165) is 88.3 Å². The van der Waals surface area contributed by atoms with Crippen LogP contribution in [0.5, 0.6) is 0 Å². The van der Waals surface area contributed by atoms with Crippen LogP contribution in [0.25, 0.3) is 83.1 Å². The SMILES string of the molecule is C=Nc1c(/C=C\C)ccc2c1ncc1c3ccccc3nc(-c3ccc4ccc5ccc(-c6ccccc6)nc5c4n3)c21. The van der Waals surface area contributed by atoms with Crippen molar-refractivity contribution in [3.05, 3.63) is 121 Å². The molecular weight excluding hydrogens is 526 g/mol. The molecule has 4 heterocycles. The molecule has 8 rings (SSSR count). The van der Waals surface area contributed by atoms with Crippen molar-refractivity contribution in [1.82, 2.24) is 19.9 Å². The summed E-state index contributed by atoms with van der Waals surface area (Å²) in [5.74, 6) is 0. The van der Waals surface area contributed by atoms with Crippen molar-refractivity contribution < 1.29 is 0 Å². The van der Waals surface area contributed by atoms with Crippen LogP contribution in [0.15, 0.2) is 120 Å². The highest BCUT2D eigenvalue weighted by Crippen LogP contribution is 2.40. The molecule has 4 aromatic heterocycles. The zero-order valence-corrected chi connectivity index (χ0v) is 23.5. The van der Waals surface area contributed by atoms with Gasteiger partial charge in [-0.05, 0) is 31.8 Å². The van der Waals surface area contributed by atoms with Crippen LogP contribution < -0.4 is 0 Å². The van der Waals surface area contributed by atoms with Gasteiger partial charge in [-0.1, -0.05) is 97.1 Å². The molecule has 0 atom stereocenters. The molecule has 0 spiro atoms. The third-order valence-corrected chi connectivity index (χ3v) is 8.04. The largest absolute Gasteiger partial charge is 0.262 e. The van der Waals surface area contributed by atoms with Crippen LogP contribution in [0.1, 0.15) is 12.5 Å². The second-order valence-corrected chi connectivity index (χ2v) is 10.6. The molecule has 0 bridgehead atoms. The molecule has 0 radical (unpaired) electrons. The molecule has 0 amide bonds. The van der Waals surface area contributed by atoms with Crippen LogP contribution in [0.2, 0.25) is 0 Å². The lowest BCUT2D eigenvalue weighted by Gasteiger charge is -2.14. The summed E-state index contributed by atoms with van der Waals surface area (Å²) in [5.41, 5.74) is 8.69. The van der Waals surface area contributed by atoms with Gasteiger partial charge in [0.15, 0.2) is 0 Å². The molecule has 0 aliphatic heterocycles. The summed E-state index contributed by atoms with van der Waals surface area (Å²) >= 11 is 0. The number of allylic oxidation sites excluding steroid dienone is 1. The number of hydrogen-bond donors (Lipinski definition) is 0. The fourth-order valence-electron chi connectivity index (χ4n) is 6.04. The third kappa shape index (κ3) is 3.97. The Balaban J connectivity index is 1.46. The average Bonchev–Trinajstić information content (AvgIpc) is 3.07. The molecule has 0 unspecified atom stereocenters. The first-order valence-electron chi connectivity index (χ1n) is 14.2. The Morgan fingerprint density at radius 1 is 0.628 bits per heavy atom. The number of fused-ring (bicyclic) bond motifs is 8. The first-order valence-corrected chi connectivity index (χ1v) is 14.2. The standard InChI is InChI=1S/C38H25N5/c1-3-9-24-16-19-28-33-29(22-40-37(28)34(24)39-2)27-12-7-8-13-31(27)42-38(33)32-21-18-26-15-14-25-17-20-30(23-10-5-4-6-11-23)41-35(25)36(26)43-32/h3-22H,2H2,1H3/b9-3-. The van der Waals surface area contributed by atoms with Gasteiger partial charge in [-0.15, -0.1) is 0 Å². The lowest BCUT2D eigenvalue weighted by molar-refractivity contribution is 1.33. The lowest BCUT2D eigenvalue weighted by Crippen LogP contribution is -1.96. The van der Waals surface area contributed by atoms with Gasteiger partial charge in [0.25, 0.3) is 0 Å². The Morgan fingerprint density at radius 3 is 2.09 bits per heavy atom. The second-order valence-electron chi connectivity index (χ2n) is 10.6. The minimum Gasteiger partial charge on any atom is -0.262 e. The van der Waals surface area contributed by atoms with E-state index in [1.165, 1.54) is 0 Å². The minimum atomic E-state index is 0.756. The van der Waals surface area contributed by atoms with E-state index in [4.69, 9.17) is 19.9 Å².